The zero-order chi connectivity index (χ0) is 14.4. The molecule has 0 bridgehead atoms. The molecule has 0 saturated heterocycles. The van der Waals surface area contributed by atoms with Gasteiger partial charge in [0.2, 0.25) is 0 Å². The molecule has 0 amide bonds. The number of fused-ring (bicyclic) bond motifs is 3. The lowest BCUT2D eigenvalue weighted by molar-refractivity contribution is 1.05. The summed E-state index contributed by atoms with van der Waals surface area (Å²) in [6, 6.07) is 19.2. The molecule has 4 heteroatoms. The molecular weight excluding hydrogens is 262 g/mol. The third-order valence-electron chi connectivity index (χ3n) is 3.69. The van der Waals surface area contributed by atoms with Gasteiger partial charge in [-0.25, -0.2) is 0 Å². The molecular formula is C17H13N3O. The first-order valence-corrected chi connectivity index (χ1v) is 6.73. The monoisotopic (exact) mass is 275 g/mol. The molecule has 21 heavy (non-hydrogen) atoms. The minimum atomic E-state index is -0.196. The van der Waals surface area contributed by atoms with Crippen molar-refractivity contribution in [1.82, 2.24) is 9.55 Å². The summed E-state index contributed by atoms with van der Waals surface area (Å²) < 4.78 is 1.67. The van der Waals surface area contributed by atoms with Gasteiger partial charge in [0.05, 0.1) is 11.0 Å². The Hall–Kier alpha value is -3.01. The van der Waals surface area contributed by atoms with Gasteiger partial charge in [0.1, 0.15) is 5.69 Å². The third-order valence-corrected chi connectivity index (χ3v) is 3.69. The van der Waals surface area contributed by atoms with Gasteiger partial charge in [-0.05, 0) is 24.3 Å². The van der Waals surface area contributed by atoms with E-state index < -0.39 is 0 Å². The fourth-order valence-electron chi connectivity index (χ4n) is 2.76. The summed E-state index contributed by atoms with van der Waals surface area (Å²) in [5, 5.41) is 1.01. The number of nitrogen functional groups attached to an aromatic ring is 1. The summed E-state index contributed by atoms with van der Waals surface area (Å²) in [4.78, 5) is 15.9. The summed E-state index contributed by atoms with van der Waals surface area (Å²) in [5.41, 5.74) is 9.44. The van der Waals surface area contributed by atoms with Gasteiger partial charge in [-0.15, -0.1) is 0 Å². The van der Waals surface area contributed by atoms with E-state index in [2.05, 4.69) is 4.98 Å². The highest BCUT2D eigenvalue weighted by atomic mass is 16.1. The molecule has 2 heterocycles. The Morgan fingerprint density at radius 3 is 2.43 bits per heavy atom. The zero-order valence-corrected chi connectivity index (χ0v) is 11.2. The molecule has 0 aliphatic carbocycles. The van der Waals surface area contributed by atoms with Crippen LogP contribution in [-0.2, 0) is 0 Å². The number of nitrogens with one attached hydrogen (secondary N) is 1. The summed E-state index contributed by atoms with van der Waals surface area (Å²) in [6.07, 6.45) is 0. The molecule has 0 aliphatic heterocycles. The van der Waals surface area contributed by atoms with E-state index in [0.717, 1.165) is 27.6 Å². The van der Waals surface area contributed by atoms with E-state index in [1.807, 2.05) is 54.6 Å². The molecule has 2 aromatic carbocycles. The summed E-state index contributed by atoms with van der Waals surface area (Å²) >= 11 is 0. The lowest BCUT2D eigenvalue weighted by atomic mass is 10.2. The first kappa shape index (κ1) is 11.8. The molecule has 2 aromatic heterocycles. The van der Waals surface area contributed by atoms with Crippen LogP contribution in [0.3, 0.4) is 0 Å². The van der Waals surface area contributed by atoms with Crippen molar-refractivity contribution < 1.29 is 0 Å². The molecule has 0 aliphatic rings. The number of benzene rings is 2. The summed E-state index contributed by atoms with van der Waals surface area (Å²) in [5.74, 6) is 0. The topological polar surface area (TPSA) is 63.8 Å². The zero-order valence-electron chi connectivity index (χ0n) is 11.2. The number of H-pyrrole nitrogens is 1. The van der Waals surface area contributed by atoms with Crippen LogP contribution in [-0.4, -0.2) is 9.55 Å². The van der Waals surface area contributed by atoms with Gasteiger partial charge < -0.3 is 10.7 Å². The number of nitrogens with two attached hydrogens (primary N) is 1. The van der Waals surface area contributed by atoms with E-state index in [-0.39, 0.29) is 11.2 Å². The van der Waals surface area contributed by atoms with Gasteiger partial charge in [0.15, 0.2) is 0 Å². The van der Waals surface area contributed by atoms with Crippen LogP contribution in [0.5, 0.6) is 0 Å². The standard InChI is InChI=1S/C17H13N3O/c18-13-10-15-16(12-8-4-5-9-14(12)19-15)20(17(13)21)11-6-2-1-3-7-11/h1-10,19H,18H2. The fraction of sp³-hybridized carbons (Fsp3) is 0. The lowest BCUT2D eigenvalue weighted by Gasteiger charge is -2.09. The van der Waals surface area contributed by atoms with Crippen molar-refractivity contribution in [2.45, 2.75) is 0 Å². The number of aromatic nitrogens is 2. The van der Waals surface area contributed by atoms with Crippen LogP contribution in [0, 0.1) is 0 Å². The normalized spacial score (nSPS) is 11.2. The predicted octanol–water partition coefficient (Wildman–Crippen LogP) is 3.05. The van der Waals surface area contributed by atoms with E-state index >= 15 is 0 Å². The SMILES string of the molecule is Nc1cc2[nH]c3ccccc3c2n(-c2ccccc2)c1=O. The Bertz CT molecular complexity index is 1010. The average Bonchev–Trinajstić information content (AvgIpc) is 2.87. The number of hydrogen-bond donors (Lipinski definition) is 2. The summed E-state index contributed by atoms with van der Waals surface area (Å²) in [6.45, 7) is 0. The Morgan fingerprint density at radius 2 is 1.62 bits per heavy atom. The molecule has 0 fully saturated rings. The smallest absolute Gasteiger partial charge is 0.278 e. The van der Waals surface area contributed by atoms with Crippen LogP contribution in [0.4, 0.5) is 5.69 Å². The number of para-hydroxylation sites is 2. The first-order chi connectivity index (χ1) is 10.3. The first-order valence-electron chi connectivity index (χ1n) is 6.73. The van der Waals surface area contributed by atoms with Gasteiger partial charge in [0.25, 0.3) is 5.56 Å². The molecule has 4 rings (SSSR count). The largest absolute Gasteiger partial charge is 0.394 e. The number of anilines is 1. The van der Waals surface area contributed by atoms with Crippen LogP contribution in [0.15, 0.2) is 65.5 Å². The number of pyridine rings is 1. The summed E-state index contributed by atoms with van der Waals surface area (Å²) in [7, 11) is 0. The van der Waals surface area contributed by atoms with Crippen molar-refractivity contribution in [1.29, 1.82) is 0 Å². The van der Waals surface area contributed by atoms with Gasteiger partial charge in [0, 0.05) is 16.6 Å². The lowest BCUT2D eigenvalue weighted by Crippen LogP contribution is -2.21. The second kappa shape index (κ2) is 4.24. The van der Waals surface area contributed by atoms with Crippen molar-refractivity contribution in [3.63, 3.8) is 0 Å². The highest BCUT2D eigenvalue weighted by molar-refractivity contribution is 6.06. The van der Waals surface area contributed by atoms with Crippen molar-refractivity contribution in [2.24, 2.45) is 0 Å². The van der Waals surface area contributed by atoms with Crippen LogP contribution in [0.2, 0.25) is 0 Å². The van der Waals surface area contributed by atoms with Crippen LogP contribution in [0.25, 0.3) is 27.6 Å². The molecule has 4 nitrogen and oxygen atoms in total. The number of rotatable bonds is 1. The molecule has 0 radical (unpaired) electrons. The highest BCUT2D eigenvalue weighted by Gasteiger charge is 2.13. The van der Waals surface area contributed by atoms with Gasteiger partial charge in [-0.2, -0.15) is 0 Å². The van der Waals surface area contributed by atoms with E-state index in [4.69, 9.17) is 5.73 Å². The van der Waals surface area contributed by atoms with Gasteiger partial charge in [-0.1, -0.05) is 36.4 Å². The van der Waals surface area contributed by atoms with Crippen molar-refractivity contribution in [3.05, 3.63) is 71.0 Å². The van der Waals surface area contributed by atoms with Gasteiger partial charge in [-0.3, -0.25) is 9.36 Å². The Labute approximate surface area is 120 Å². The Morgan fingerprint density at radius 1 is 0.905 bits per heavy atom. The minimum Gasteiger partial charge on any atom is -0.394 e. The molecule has 102 valence electrons. The molecule has 0 spiro atoms. The molecule has 3 N–H and O–H groups in total. The number of aromatic amines is 1. The van der Waals surface area contributed by atoms with E-state index in [9.17, 15) is 4.79 Å². The maximum absolute atomic E-state index is 12.5. The Kier molecular flexibility index (Phi) is 2.38. The second-order valence-electron chi connectivity index (χ2n) is 5.01. The number of nitrogens with zero attached hydrogens (tertiary/aromatic N) is 1. The van der Waals surface area contributed by atoms with Crippen LogP contribution in [0.1, 0.15) is 0 Å². The molecule has 0 unspecified atom stereocenters. The maximum atomic E-state index is 12.5. The molecule has 0 saturated carbocycles. The highest BCUT2D eigenvalue weighted by Crippen LogP contribution is 2.27. The van der Waals surface area contributed by atoms with Crippen LogP contribution < -0.4 is 11.3 Å². The van der Waals surface area contributed by atoms with E-state index in [1.165, 1.54) is 0 Å². The van der Waals surface area contributed by atoms with Crippen molar-refractivity contribution in [3.8, 4) is 5.69 Å². The predicted molar refractivity (Wildman–Crippen MR) is 85.8 cm³/mol. The minimum absolute atomic E-state index is 0.196. The maximum Gasteiger partial charge on any atom is 0.278 e. The van der Waals surface area contributed by atoms with Gasteiger partial charge >= 0.3 is 0 Å². The van der Waals surface area contributed by atoms with E-state index in [1.54, 1.807) is 10.6 Å². The number of hydrogen-bond acceptors (Lipinski definition) is 2. The molecule has 4 aromatic rings. The fourth-order valence-corrected chi connectivity index (χ4v) is 2.76. The Balaban J connectivity index is 2.27. The molecule has 0 atom stereocenters. The second-order valence-corrected chi connectivity index (χ2v) is 5.01. The van der Waals surface area contributed by atoms with Crippen LogP contribution >= 0.6 is 0 Å². The third kappa shape index (κ3) is 1.66. The van der Waals surface area contributed by atoms with E-state index in [0.29, 0.717) is 0 Å². The quantitative estimate of drug-likeness (QED) is 0.561. The average molecular weight is 275 g/mol. The van der Waals surface area contributed by atoms with Crippen molar-refractivity contribution in [2.75, 3.05) is 5.73 Å². The van der Waals surface area contributed by atoms with Crippen molar-refractivity contribution >= 4 is 27.6 Å².